The van der Waals surface area contributed by atoms with Gasteiger partial charge in [0.2, 0.25) is 0 Å². The Morgan fingerprint density at radius 3 is 2.95 bits per heavy atom. The zero-order valence-corrected chi connectivity index (χ0v) is 12.2. The number of hydrogen-bond donors (Lipinski definition) is 1. The third kappa shape index (κ3) is 2.85. The smallest absolute Gasteiger partial charge is 0.0223 e. The molecule has 2 atom stereocenters. The molecule has 2 aliphatic rings. The first-order valence-corrected chi connectivity index (χ1v) is 7.76. The number of benzene rings is 1. The van der Waals surface area contributed by atoms with Gasteiger partial charge in [0.15, 0.2) is 0 Å². The molecule has 19 heavy (non-hydrogen) atoms. The fourth-order valence-electron chi connectivity index (χ4n) is 3.63. The Morgan fingerprint density at radius 1 is 1.32 bits per heavy atom. The summed E-state index contributed by atoms with van der Waals surface area (Å²) in [7, 11) is 0. The molecule has 1 saturated heterocycles. The highest BCUT2D eigenvalue weighted by Gasteiger charge is 2.31. The summed E-state index contributed by atoms with van der Waals surface area (Å²) in [4.78, 5) is 2.73. The van der Waals surface area contributed by atoms with Crippen LogP contribution in [-0.4, -0.2) is 37.1 Å². The van der Waals surface area contributed by atoms with E-state index in [1.54, 1.807) is 11.1 Å². The minimum atomic E-state index is 0.738. The third-order valence-electron chi connectivity index (χ3n) is 4.63. The van der Waals surface area contributed by atoms with Crippen molar-refractivity contribution in [2.45, 2.75) is 38.6 Å². The minimum Gasteiger partial charge on any atom is -0.314 e. The topological polar surface area (TPSA) is 15.3 Å². The summed E-state index contributed by atoms with van der Waals surface area (Å²) < 4.78 is 0. The molecule has 2 unspecified atom stereocenters. The highest BCUT2D eigenvalue weighted by molar-refractivity contribution is 5.40. The average molecular weight is 258 g/mol. The maximum Gasteiger partial charge on any atom is 0.0223 e. The van der Waals surface area contributed by atoms with Crippen LogP contribution in [-0.2, 0) is 6.42 Å². The molecule has 2 heteroatoms. The summed E-state index contributed by atoms with van der Waals surface area (Å²) in [6.45, 7) is 9.48. The normalized spacial score (nSPS) is 27.1. The Labute approximate surface area is 117 Å². The second-order valence-corrected chi connectivity index (χ2v) is 6.58. The van der Waals surface area contributed by atoms with Crippen LogP contribution in [0.1, 0.15) is 37.3 Å². The lowest BCUT2D eigenvalue weighted by molar-refractivity contribution is 0.130. The van der Waals surface area contributed by atoms with Gasteiger partial charge in [-0.3, -0.25) is 4.90 Å². The molecule has 0 aromatic heterocycles. The van der Waals surface area contributed by atoms with Gasteiger partial charge in [-0.2, -0.15) is 0 Å². The Kier molecular flexibility index (Phi) is 3.90. The largest absolute Gasteiger partial charge is 0.314 e. The predicted octanol–water partition coefficient (Wildman–Crippen LogP) is 2.65. The summed E-state index contributed by atoms with van der Waals surface area (Å²) >= 11 is 0. The first-order chi connectivity index (χ1) is 9.24. The second-order valence-electron chi connectivity index (χ2n) is 6.58. The molecule has 3 rings (SSSR count). The average Bonchev–Trinajstić information content (AvgIpc) is 2.37. The van der Waals surface area contributed by atoms with Crippen LogP contribution in [0.4, 0.5) is 0 Å². The molecular weight excluding hydrogens is 232 g/mol. The molecule has 1 aliphatic carbocycles. The van der Waals surface area contributed by atoms with E-state index in [0.29, 0.717) is 0 Å². The van der Waals surface area contributed by atoms with Crippen molar-refractivity contribution >= 4 is 0 Å². The third-order valence-corrected chi connectivity index (χ3v) is 4.63. The SMILES string of the molecule is CC(C)CC1CNCCN1CC1Cc2ccccc21. The maximum absolute atomic E-state index is 3.56. The van der Waals surface area contributed by atoms with E-state index in [2.05, 4.69) is 48.3 Å². The van der Waals surface area contributed by atoms with E-state index >= 15 is 0 Å². The van der Waals surface area contributed by atoms with Crippen molar-refractivity contribution in [3.8, 4) is 0 Å². The van der Waals surface area contributed by atoms with E-state index in [-0.39, 0.29) is 0 Å². The molecular formula is C17H26N2. The molecule has 1 heterocycles. The van der Waals surface area contributed by atoms with Crippen molar-refractivity contribution in [2.24, 2.45) is 5.92 Å². The van der Waals surface area contributed by atoms with Gasteiger partial charge in [0.05, 0.1) is 0 Å². The van der Waals surface area contributed by atoms with Gasteiger partial charge >= 0.3 is 0 Å². The second kappa shape index (κ2) is 5.64. The van der Waals surface area contributed by atoms with Crippen LogP contribution < -0.4 is 5.32 Å². The number of fused-ring (bicyclic) bond motifs is 1. The van der Waals surface area contributed by atoms with Crippen LogP contribution in [0.2, 0.25) is 0 Å². The summed E-state index contributed by atoms with van der Waals surface area (Å²) in [6.07, 6.45) is 2.61. The summed E-state index contributed by atoms with van der Waals surface area (Å²) in [5.41, 5.74) is 3.17. The molecule has 0 saturated carbocycles. The van der Waals surface area contributed by atoms with Crippen molar-refractivity contribution in [2.75, 3.05) is 26.2 Å². The van der Waals surface area contributed by atoms with E-state index in [4.69, 9.17) is 0 Å². The van der Waals surface area contributed by atoms with Gasteiger partial charge in [0.1, 0.15) is 0 Å². The lowest BCUT2D eigenvalue weighted by Crippen LogP contribution is -2.53. The molecule has 0 spiro atoms. The highest BCUT2D eigenvalue weighted by Crippen LogP contribution is 2.36. The van der Waals surface area contributed by atoms with Crippen LogP contribution in [0.25, 0.3) is 0 Å². The van der Waals surface area contributed by atoms with E-state index in [0.717, 1.165) is 24.4 Å². The molecule has 1 aromatic carbocycles. The van der Waals surface area contributed by atoms with Gasteiger partial charge in [0.25, 0.3) is 0 Å². The van der Waals surface area contributed by atoms with Crippen molar-refractivity contribution in [3.05, 3.63) is 35.4 Å². The number of nitrogens with one attached hydrogen (secondary N) is 1. The van der Waals surface area contributed by atoms with E-state index in [1.165, 1.54) is 32.5 Å². The van der Waals surface area contributed by atoms with Crippen LogP contribution >= 0.6 is 0 Å². The fourth-order valence-corrected chi connectivity index (χ4v) is 3.63. The summed E-state index contributed by atoms with van der Waals surface area (Å²) in [5, 5.41) is 3.56. The Bertz CT molecular complexity index is 427. The van der Waals surface area contributed by atoms with Crippen LogP contribution in [0.5, 0.6) is 0 Å². The number of piperazine rings is 1. The van der Waals surface area contributed by atoms with Crippen molar-refractivity contribution in [3.63, 3.8) is 0 Å². The summed E-state index contributed by atoms with van der Waals surface area (Å²) in [5.74, 6) is 1.57. The molecule has 1 N–H and O–H groups in total. The first kappa shape index (κ1) is 13.1. The molecule has 2 nitrogen and oxygen atoms in total. The van der Waals surface area contributed by atoms with Gasteiger partial charge < -0.3 is 5.32 Å². The van der Waals surface area contributed by atoms with Gasteiger partial charge in [-0.25, -0.2) is 0 Å². The number of nitrogens with zero attached hydrogens (tertiary/aromatic N) is 1. The summed E-state index contributed by atoms with van der Waals surface area (Å²) in [6, 6.07) is 9.70. The number of hydrogen-bond acceptors (Lipinski definition) is 2. The highest BCUT2D eigenvalue weighted by atomic mass is 15.2. The molecule has 104 valence electrons. The molecule has 0 bridgehead atoms. The van der Waals surface area contributed by atoms with Crippen LogP contribution in [0, 0.1) is 5.92 Å². The molecule has 0 radical (unpaired) electrons. The first-order valence-electron chi connectivity index (χ1n) is 7.76. The van der Waals surface area contributed by atoms with Gasteiger partial charge in [-0.05, 0) is 29.9 Å². The van der Waals surface area contributed by atoms with Crippen LogP contribution in [0.3, 0.4) is 0 Å². The van der Waals surface area contributed by atoms with Crippen molar-refractivity contribution in [1.82, 2.24) is 10.2 Å². The molecule has 0 amide bonds. The van der Waals surface area contributed by atoms with Gasteiger partial charge in [-0.15, -0.1) is 0 Å². The minimum absolute atomic E-state index is 0.738. The van der Waals surface area contributed by atoms with Crippen molar-refractivity contribution in [1.29, 1.82) is 0 Å². The predicted molar refractivity (Wildman–Crippen MR) is 80.6 cm³/mol. The zero-order valence-electron chi connectivity index (χ0n) is 12.2. The maximum atomic E-state index is 3.56. The Hall–Kier alpha value is -0.860. The molecule has 1 aromatic rings. The zero-order chi connectivity index (χ0) is 13.2. The standard InChI is InChI=1S/C17H26N2/c1-13(2)9-16-11-18-7-8-19(16)12-15-10-14-5-3-4-6-17(14)15/h3-6,13,15-16,18H,7-12H2,1-2H3. The Balaban J connectivity index is 1.62. The van der Waals surface area contributed by atoms with E-state index < -0.39 is 0 Å². The van der Waals surface area contributed by atoms with Gasteiger partial charge in [-0.1, -0.05) is 38.1 Å². The monoisotopic (exact) mass is 258 g/mol. The van der Waals surface area contributed by atoms with E-state index in [1.807, 2.05) is 0 Å². The van der Waals surface area contributed by atoms with E-state index in [9.17, 15) is 0 Å². The van der Waals surface area contributed by atoms with Gasteiger partial charge in [0, 0.05) is 38.1 Å². The molecule has 1 fully saturated rings. The fraction of sp³-hybridized carbons (Fsp3) is 0.647. The van der Waals surface area contributed by atoms with Crippen molar-refractivity contribution < 1.29 is 0 Å². The molecule has 1 aliphatic heterocycles. The van der Waals surface area contributed by atoms with Crippen LogP contribution in [0.15, 0.2) is 24.3 Å². The lowest BCUT2D eigenvalue weighted by atomic mass is 9.77. The lowest BCUT2D eigenvalue weighted by Gasteiger charge is -2.42. The Morgan fingerprint density at radius 2 is 2.16 bits per heavy atom. The number of rotatable bonds is 4. The quantitative estimate of drug-likeness (QED) is 0.893.